The van der Waals surface area contributed by atoms with Crippen LogP contribution in [0.3, 0.4) is 0 Å². The smallest absolute Gasteiger partial charge is 0.323 e. The Morgan fingerprint density at radius 1 is 1.40 bits per heavy atom. The Bertz CT molecular complexity index is 198. The van der Waals surface area contributed by atoms with E-state index in [9.17, 15) is 4.79 Å². The number of carbonyl (C=O) groups is 1. The molecule has 3 heteroatoms. The van der Waals surface area contributed by atoms with E-state index in [-0.39, 0.29) is 12.0 Å². The van der Waals surface area contributed by atoms with Gasteiger partial charge in [0.25, 0.3) is 0 Å². The molecule has 0 bridgehead atoms. The SMILES string of the molecule is COC(=O)[C@@H](NCC1CCCC1)C(C)C. The van der Waals surface area contributed by atoms with Gasteiger partial charge in [0, 0.05) is 0 Å². The predicted octanol–water partition coefficient (Wildman–Crippen LogP) is 1.96. The summed E-state index contributed by atoms with van der Waals surface area (Å²) >= 11 is 0. The topological polar surface area (TPSA) is 38.3 Å². The van der Waals surface area contributed by atoms with Gasteiger partial charge in [-0.3, -0.25) is 4.79 Å². The zero-order chi connectivity index (χ0) is 11.3. The molecule has 1 N–H and O–H groups in total. The fraction of sp³-hybridized carbons (Fsp3) is 0.917. The molecule has 0 spiro atoms. The third kappa shape index (κ3) is 3.82. The minimum Gasteiger partial charge on any atom is -0.468 e. The van der Waals surface area contributed by atoms with Crippen LogP contribution < -0.4 is 5.32 Å². The number of methoxy groups -OCH3 is 1. The second kappa shape index (κ2) is 6.11. The molecule has 1 aliphatic rings. The molecule has 0 aromatic rings. The fourth-order valence-corrected chi connectivity index (χ4v) is 2.23. The molecule has 0 heterocycles. The first kappa shape index (κ1) is 12.5. The van der Waals surface area contributed by atoms with Crippen LogP contribution in [-0.4, -0.2) is 25.7 Å². The van der Waals surface area contributed by atoms with E-state index in [1.54, 1.807) is 0 Å². The van der Waals surface area contributed by atoms with Gasteiger partial charge in [-0.05, 0) is 31.2 Å². The number of carbonyl (C=O) groups excluding carboxylic acids is 1. The molecule has 1 aliphatic carbocycles. The molecule has 0 saturated heterocycles. The first-order chi connectivity index (χ1) is 7.15. The average molecular weight is 213 g/mol. The summed E-state index contributed by atoms with van der Waals surface area (Å²) in [5.41, 5.74) is 0. The minimum absolute atomic E-state index is 0.136. The van der Waals surface area contributed by atoms with E-state index in [0.717, 1.165) is 12.5 Å². The highest BCUT2D eigenvalue weighted by Gasteiger charge is 2.24. The normalized spacial score (nSPS) is 19.5. The summed E-state index contributed by atoms with van der Waals surface area (Å²) in [4.78, 5) is 11.5. The third-order valence-electron chi connectivity index (χ3n) is 3.22. The molecule has 1 saturated carbocycles. The quantitative estimate of drug-likeness (QED) is 0.709. The van der Waals surface area contributed by atoms with Crippen molar-refractivity contribution in [3.05, 3.63) is 0 Å². The second-order valence-electron chi connectivity index (χ2n) is 4.80. The van der Waals surface area contributed by atoms with Gasteiger partial charge in [-0.2, -0.15) is 0 Å². The maximum Gasteiger partial charge on any atom is 0.323 e. The lowest BCUT2D eigenvalue weighted by Crippen LogP contribution is -2.43. The molecular weight excluding hydrogens is 190 g/mol. The number of ether oxygens (including phenoxy) is 1. The van der Waals surface area contributed by atoms with E-state index >= 15 is 0 Å². The summed E-state index contributed by atoms with van der Waals surface area (Å²) in [6.45, 7) is 5.05. The van der Waals surface area contributed by atoms with Crippen molar-refractivity contribution in [2.75, 3.05) is 13.7 Å². The Morgan fingerprint density at radius 3 is 2.47 bits per heavy atom. The Kier molecular flexibility index (Phi) is 5.09. The highest BCUT2D eigenvalue weighted by molar-refractivity contribution is 5.75. The lowest BCUT2D eigenvalue weighted by molar-refractivity contribution is -0.144. The Morgan fingerprint density at radius 2 is 2.00 bits per heavy atom. The number of rotatable bonds is 5. The van der Waals surface area contributed by atoms with Crippen LogP contribution in [0.15, 0.2) is 0 Å². The lowest BCUT2D eigenvalue weighted by atomic mass is 10.0. The summed E-state index contributed by atoms with van der Waals surface area (Å²) in [6.07, 6.45) is 5.30. The first-order valence-electron chi connectivity index (χ1n) is 5.96. The summed E-state index contributed by atoms with van der Waals surface area (Å²) in [5, 5.41) is 3.34. The predicted molar refractivity (Wildman–Crippen MR) is 60.6 cm³/mol. The number of esters is 1. The van der Waals surface area contributed by atoms with Crippen molar-refractivity contribution in [2.45, 2.75) is 45.6 Å². The molecule has 3 nitrogen and oxygen atoms in total. The molecule has 0 unspecified atom stereocenters. The van der Waals surface area contributed by atoms with Crippen LogP contribution in [0, 0.1) is 11.8 Å². The van der Waals surface area contributed by atoms with Gasteiger partial charge in [-0.25, -0.2) is 0 Å². The summed E-state index contributed by atoms with van der Waals surface area (Å²) < 4.78 is 4.79. The summed E-state index contributed by atoms with van der Waals surface area (Å²) in [7, 11) is 1.45. The lowest BCUT2D eigenvalue weighted by Gasteiger charge is -2.21. The summed E-state index contributed by atoms with van der Waals surface area (Å²) in [5.74, 6) is 0.915. The van der Waals surface area contributed by atoms with E-state index < -0.39 is 0 Å². The van der Waals surface area contributed by atoms with Gasteiger partial charge in [-0.15, -0.1) is 0 Å². The molecule has 0 amide bonds. The Hall–Kier alpha value is -0.570. The molecule has 15 heavy (non-hydrogen) atoms. The van der Waals surface area contributed by atoms with Crippen LogP contribution in [0.4, 0.5) is 0 Å². The molecule has 0 aliphatic heterocycles. The van der Waals surface area contributed by atoms with Gasteiger partial charge in [0.1, 0.15) is 6.04 Å². The van der Waals surface area contributed by atoms with Gasteiger partial charge < -0.3 is 10.1 Å². The number of hydrogen-bond acceptors (Lipinski definition) is 3. The number of nitrogens with one attached hydrogen (secondary N) is 1. The van der Waals surface area contributed by atoms with Gasteiger partial charge in [0.2, 0.25) is 0 Å². The van der Waals surface area contributed by atoms with Crippen molar-refractivity contribution in [2.24, 2.45) is 11.8 Å². The maximum atomic E-state index is 11.5. The second-order valence-corrected chi connectivity index (χ2v) is 4.80. The molecule has 0 radical (unpaired) electrons. The van der Waals surface area contributed by atoms with Crippen LogP contribution in [0.5, 0.6) is 0 Å². The van der Waals surface area contributed by atoms with Crippen molar-refractivity contribution in [3.8, 4) is 0 Å². The van der Waals surface area contributed by atoms with Crippen LogP contribution in [0.25, 0.3) is 0 Å². The first-order valence-corrected chi connectivity index (χ1v) is 5.96. The van der Waals surface area contributed by atoms with Crippen molar-refractivity contribution in [1.29, 1.82) is 0 Å². The molecule has 1 atom stereocenters. The van der Waals surface area contributed by atoms with E-state index in [1.165, 1.54) is 32.8 Å². The van der Waals surface area contributed by atoms with Crippen molar-refractivity contribution in [1.82, 2.24) is 5.32 Å². The van der Waals surface area contributed by atoms with Crippen LogP contribution in [-0.2, 0) is 9.53 Å². The third-order valence-corrected chi connectivity index (χ3v) is 3.22. The van der Waals surface area contributed by atoms with E-state index in [2.05, 4.69) is 5.32 Å². The highest BCUT2D eigenvalue weighted by atomic mass is 16.5. The molecule has 88 valence electrons. The summed E-state index contributed by atoms with van der Waals surface area (Å²) in [6, 6.07) is -0.143. The highest BCUT2D eigenvalue weighted by Crippen LogP contribution is 2.24. The zero-order valence-corrected chi connectivity index (χ0v) is 10.1. The van der Waals surface area contributed by atoms with Crippen LogP contribution >= 0.6 is 0 Å². The monoisotopic (exact) mass is 213 g/mol. The minimum atomic E-state index is -0.143. The Labute approximate surface area is 92.6 Å². The Balaban J connectivity index is 2.33. The zero-order valence-electron chi connectivity index (χ0n) is 10.1. The van der Waals surface area contributed by atoms with Gasteiger partial charge in [0.15, 0.2) is 0 Å². The van der Waals surface area contributed by atoms with Crippen LogP contribution in [0.1, 0.15) is 39.5 Å². The fourth-order valence-electron chi connectivity index (χ4n) is 2.23. The average Bonchev–Trinajstić information content (AvgIpc) is 2.70. The standard InChI is InChI=1S/C12H23NO2/c1-9(2)11(12(14)15-3)13-8-10-6-4-5-7-10/h9-11,13H,4-8H2,1-3H3/t11-/m0/s1. The van der Waals surface area contributed by atoms with Crippen molar-refractivity contribution in [3.63, 3.8) is 0 Å². The molecule has 1 fully saturated rings. The molecule has 1 rings (SSSR count). The largest absolute Gasteiger partial charge is 0.468 e. The van der Waals surface area contributed by atoms with Crippen molar-refractivity contribution >= 4 is 5.97 Å². The molecular formula is C12H23NO2. The van der Waals surface area contributed by atoms with Gasteiger partial charge in [-0.1, -0.05) is 26.7 Å². The van der Waals surface area contributed by atoms with E-state index in [1.807, 2.05) is 13.8 Å². The van der Waals surface area contributed by atoms with E-state index in [0.29, 0.717) is 5.92 Å². The van der Waals surface area contributed by atoms with E-state index in [4.69, 9.17) is 4.74 Å². The number of hydrogen-bond donors (Lipinski definition) is 1. The molecule has 0 aromatic carbocycles. The maximum absolute atomic E-state index is 11.5. The van der Waals surface area contributed by atoms with Gasteiger partial charge >= 0.3 is 5.97 Å². The van der Waals surface area contributed by atoms with Crippen molar-refractivity contribution < 1.29 is 9.53 Å². The van der Waals surface area contributed by atoms with Crippen LogP contribution in [0.2, 0.25) is 0 Å². The molecule has 0 aromatic heterocycles. The van der Waals surface area contributed by atoms with Gasteiger partial charge in [0.05, 0.1) is 7.11 Å².